The third-order valence-corrected chi connectivity index (χ3v) is 4.45. The van der Waals surface area contributed by atoms with Crippen molar-refractivity contribution in [3.8, 4) is 0 Å². The fraction of sp³-hybridized carbons (Fsp3) is 0.611. The van der Waals surface area contributed by atoms with Crippen LogP contribution in [-0.4, -0.2) is 45.7 Å². The lowest BCUT2D eigenvalue weighted by atomic mass is 9.98. The molecule has 0 aromatic carbocycles. The second-order valence-electron chi connectivity index (χ2n) is 7.08. The van der Waals surface area contributed by atoms with Crippen molar-refractivity contribution in [1.82, 2.24) is 20.3 Å². The van der Waals surface area contributed by atoms with Crippen molar-refractivity contribution in [2.75, 3.05) is 30.3 Å². The molecule has 25 heavy (non-hydrogen) atoms. The zero-order valence-corrected chi connectivity index (χ0v) is 15.2. The summed E-state index contributed by atoms with van der Waals surface area (Å²) in [5, 5.41) is 20.8. The number of aromatic nitrogens is 3. The second kappa shape index (κ2) is 7.93. The Hall–Kier alpha value is -1.99. The molecule has 136 valence electrons. The summed E-state index contributed by atoms with van der Waals surface area (Å²) in [5.41, 5.74) is 1.40. The summed E-state index contributed by atoms with van der Waals surface area (Å²) >= 11 is 0. The summed E-state index contributed by atoms with van der Waals surface area (Å²) in [7, 11) is 0. The third kappa shape index (κ3) is 4.55. The molecular formula is C18H28N6O. The van der Waals surface area contributed by atoms with E-state index < -0.39 is 6.10 Å². The number of rotatable bonds is 6. The van der Waals surface area contributed by atoms with Gasteiger partial charge in [-0.1, -0.05) is 0 Å². The van der Waals surface area contributed by atoms with E-state index in [1.54, 1.807) is 13.1 Å². The van der Waals surface area contributed by atoms with Crippen LogP contribution in [0.3, 0.4) is 0 Å². The Labute approximate surface area is 148 Å². The maximum absolute atomic E-state index is 9.88. The lowest BCUT2D eigenvalue weighted by molar-refractivity contribution is 0.194. The molecule has 0 bridgehead atoms. The van der Waals surface area contributed by atoms with Crippen molar-refractivity contribution in [1.29, 1.82) is 0 Å². The van der Waals surface area contributed by atoms with Gasteiger partial charge in [0.15, 0.2) is 5.82 Å². The lowest BCUT2D eigenvalue weighted by Crippen LogP contribution is -2.31. The number of hydrogen-bond acceptors (Lipinski definition) is 7. The number of hydrogen-bond donors (Lipinski definition) is 4. The fourth-order valence-electron chi connectivity index (χ4n) is 3.05. The Morgan fingerprint density at radius 2 is 2.00 bits per heavy atom. The number of nitrogens with one attached hydrogen (secondary N) is 3. The van der Waals surface area contributed by atoms with Crippen LogP contribution >= 0.6 is 0 Å². The Morgan fingerprint density at radius 1 is 1.24 bits per heavy atom. The molecular weight excluding hydrogens is 316 g/mol. The first-order valence-corrected chi connectivity index (χ1v) is 9.10. The molecule has 3 heterocycles. The van der Waals surface area contributed by atoms with Crippen LogP contribution in [0.4, 0.5) is 11.8 Å². The zero-order valence-electron chi connectivity index (χ0n) is 15.2. The van der Waals surface area contributed by atoms with Crippen LogP contribution in [0.5, 0.6) is 0 Å². The molecule has 0 radical (unpaired) electrons. The van der Waals surface area contributed by atoms with Gasteiger partial charge in [0.1, 0.15) is 5.52 Å². The number of piperidine rings is 1. The van der Waals surface area contributed by atoms with Crippen LogP contribution in [0, 0.1) is 5.92 Å². The molecule has 4 N–H and O–H groups in total. The summed E-state index contributed by atoms with van der Waals surface area (Å²) in [6.07, 6.45) is 3.53. The van der Waals surface area contributed by atoms with E-state index in [-0.39, 0.29) is 6.04 Å². The van der Waals surface area contributed by atoms with E-state index in [2.05, 4.69) is 44.7 Å². The topological polar surface area (TPSA) is 95.0 Å². The van der Waals surface area contributed by atoms with Crippen molar-refractivity contribution in [2.24, 2.45) is 5.92 Å². The van der Waals surface area contributed by atoms with Gasteiger partial charge in [0.2, 0.25) is 5.95 Å². The average Bonchev–Trinajstić information content (AvgIpc) is 2.60. The Balaban J connectivity index is 1.85. The normalized spacial score (nSPS) is 17.0. The minimum atomic E-state index is -0.630. The van der Waals surface area contributed by atoms with Crippen LogP contribution in [0.25, 0.3) is 10.9 Å². The minimum Gasteiger partial charge on any atom is -0.387 e. The van der Waals surface area contributed by atoms with Crippen LogP contribution in [-0.2, 0) is 0 Å². The molecule has 0 saturated carbocycles. The van der Waals surface area contributed by atoms with E-state index in [0.29, 0.717) is 23.4 Å². The van der Waals surface area contributed by atoms with Crippen molar-refractivity contribution < 1.29 is 5.11 Å². The molecule has 1 atom stereocenters. The highest BCUT2D eigenvalue weighted by Crippen LogP contribution is 2.25. The summed E-state index contributed by atoms with van der Waals surface area (Å²) in [6.45, 7) is 8.88. The quantitative estimate of drug-likeness (QED) is 0.639. The monoisotopic (exact) mass is 344 g/mol. The van der Waals surface area contributed by atoms with Crippen LogP contribution < -0.4 is 16.0 Å². The largest absolute Gasteiger partial charge is 0.387 e. The minimum absolute atomic E-state index is 0.223. The predicted octanol–water partition coefficient (Wildman–Crippen LogP) is 2.31. The maximum atomic E-state index is 9.88. The molecule has 0 amide bonds. The molecule has 1 fully saturated rings. The highest BCUT2D eigenvalue weighted by atomic mass is 16.3. The standard InChI is InChI=1S/C18H28N6O/c1-11(2)22-17-16-14(8-15(23-17)12(3)25)10-21-18(24-16)20-9-13-4-6-19-7-5-13/h8,10-13,19,25H,4-7,9H2,1-3H3,(H,22,23)(H,20,21,24)/t12-/m1/s1. The maximum Gasteiger partial charge on any atom is 0.223 e. The molecule has 0 spiro atoms. The Morgan fingerprint density at radius 3 is 2.68 bits per heavy atom. The third-order valence-electron chi connectivity index (χ3n) is 4.45. The van der Waals surface area contributed by atoms with E-state index in [4.69, 9.17) is 0 Å². The van der Waals surface area contributed by atoms with E-state index in [0.717, 1.165) is 30.5 Å². The van der Waals surface area contributed by atoms with Gasteiger partial charge in [-0.2, -0.15) is 0 Å². The van der Waals surface area contributed by atoms with Crippen molar-refractivity contribution in [2.45, 2.75) is 45.8 Å². The number of aliphatic hydroxyl groups excluding tert-OH is 1. The van der Waals surface area contributed by atoms with E-state index in [1.165, 1.54) is 12.8 Å². The Kier molecular flexibility index (Phi) is 5.65. The number of fused-ring (bicyclic) bond motifs is 1. The molecule has 2 aromatic heterocycles. The zero-order chi connectivity index (χ0) is 17.8. The van der Waals surface area contributed by atoms with Gasteiger partial charge in [-0.3, -0.25) is 0 Å². The van der Waals surface area contributed by atoms with E-state index in [9.17, 15) is 5.11 Å². The first-order valence-electron chi connectivity index (χ1n) is 9.10. The number of nitrogens with zero attached hydrogens (tertiary/aromatic N) is 3. The van der Waals surface area contributed by atoms with Gasteiger partial charge in [-0.25, -0.2) is 15.0 Å². The van der Waals surface area contributed by atoms with Gasteiger partial charge in [0.25, 0.3) is 0 Å². The number of anilines is 2. The van der Waals surface area contributed by atoms with Crippen molar-refractivity contribution in [3.05, 3.63) is 18.0 Å². The highest BCUT2D eigenvalue weighted by Gasteiger charge is 2.15. The summed E-state index contributed by atoms with van der Waals surface area (Å²) < 4.78 is 0. The molecule has 7 heteroatoms. The van der Waals surface area contributed by atoms with Crippen LogP contribution in [0.1, 0.15) is 45.4 Å². The number of aliphatic hydroxyl groups is 1. The van der Waals surface area contributed by atoms with Gasteiger partial charge in [-0.15, -0.1) is 0 Å². The van der Waals surface area contributed by atoms with Gasteiger partial charge < -0.3 is 21.1 Å². The van der Waals surface area contributed by atoms with Gasteiger partial charge in [-0.05, 0) is 58.7 Å². The SMILES string of the molecule is CC(C)Nc1nc([C@@H](C)O)cc2cnc(NCC3CCNCC3)nc12. The van der Waals surface area contributed by atoms with Crippen LogP contribution in [0.15, 0.2) is 12.3 Å². The number of pyridine rings is 1. The van der Waals surface area contributed by atoms with Crippen molar-refractivity contribution >= 4 is 22.7 Å². The van der Waals surface area contributed by atoms with E-state index >= 15 is 0 Å². The Bertz CT molecular complexity index is 712. The highest BCUT2D eigenvalue weighted by molar-refractivity contribution is 5.88. The molecule has 1 saturated heterocycles. The fourth-order valence-corrected chi connectivity index (χ4v) is 3.05. The molecule has 0 unspecified atom stereocenters. The van der Waals surface area contributed by atoms with Gasteiger partial charge in [0, 0.05) is 24.2 Å². The molecule has 2 aromatic rings. The first-order chi connectivity index (χ1) is 12.0. The summed E-state index contributed by atoms with van der Waals surface area (Å²) in [5.74, 6) is 1.98. The first kappa shape index (κ1) is 17.8. The predicted molar refractivity (Wildman–Crippen MR) is 101 cm³/mol. The molecule has 1 aliphatic heterocycles. The second-order valence-corrected chi connectivity index (χ2v) is 7.08. The summed E-state index contributed by atoms with van der Waals surface area (Å²) in [4.78, 5) is 13.6. The summed E-state index contributed by atoms with van der Waals surface area (Å²) in [6, 6.07) is 2.07. The van der Waals surface area contributed by atoms with Gasteiger partial charge in [0.05, 0.1) is 11.8 Å². The van der Waals surface area contributed by atoms with Crippen LogP contribution in [0.2, 0.25) is 0 Å². The van der Waals surface area contributed by atoms with Crippen molar-refractivity contribution in [3.63, 3.8) is 0 Å². The molecule has 1 aliphatic rings. The average molecular weight is 344 g/mol. The smallest absolute Gasteiger partial charge is 0.223 e. The molecule has 0 aliphatic carbocycles. The lowest BCUT2D eigenvalue weighted by Gasteiger charge is -2.22. The molecule has 7 nitrogen and oxygen atoms in total. The van der Waals surface area contributed by atoms with Gasteiger partial charge >= 0.3 is 0 Å². The van der Waals surface area contributed by atoms with E-state index in [1.807, 2.05) is 6.07 Å². The molecule has 3 rings (SSSR count).